The number of piperidine rings is 1. The number of hydrogen-bond donors (Lipinski definition) is 2. The van der Waals surface area contributed by atoms with Crippen LogP contribution in [-0.2, 0) is 14.3 Å². The number of carbonyl (C=O) groups excluding carboxylic acids is 2. The molecule has 1 unspecified atom stereocenters. The molecule has 1 rings (SSSR count). The molecule has 0 saturated carbocycles. The highest BCUT2D eigenvalue weighted by molar-refractivity contribution is 5.87. The minimum atomic E-state index is -1.21. The van der Waals surface area contributed by atoms with E-state index < -0.39 is 23.5 Å². The molecule has 7 nitrogen and oxygen atoms in total. The van der Waals surface area contributed by atoms with Crippen molar-refractivity contribution in [2.24, 2.45) is 0 Å². The van der Waals surface area contributed by atoms with Crippen molar-refractivity contribution in [3.8, 4) is 0 Å². The van der Waals surface area contributed by atoms with E-state index in [9.17, 15) is 19.5 Å². The third-order valence-electron chi connectivity index (χ3n) is 3.29. The second-order valence-corrected chi connectivity index (χ2v) is 4.65. The van der Waals surface area contributed by atoms with Gasteiger partial charge in [0.15, 0.2) is 0 Å². The molecule has 0 bridgehead atoms. The number of urea groups is 1. The van der Waals surface area contributed by atoms with E-state index in [2.05, 4.69) is 5.32 Å². The molecular formula is C12H20N2O5. The van der Waals surface area contributed by atoms with E-state index >= 15 is 0 Å². The Balaban J connectivity index is 2.63. The fraction of sp³-hybridized carbons (Fsp3) is 0.750. The van der Waals surface area contributed by atoms with Crippen LogP contribution in [0.15, 0.2) is 0 Å². The first-order valence-electron chi connectivity index (χ1n) is 6.36. The van der Waals surface area contributed by atoms with Crippen molar-refractivity contribution in [3.05, 3.63) is 0 Å². The Bertz CT molecular complexity index is 371. The quantitative estimate of drug-likeness (QED) is 0.730. The molecular weight excluding hydrogens is 252 g/mol. The lowest BCUT2D eigenvalue weighted by atomic mass is 9.89. The smallest absolute Gasteiger partial charge is 0.329 e. The molecule has 2 amide bonds. The Labute approximate surface area is 111 Å². The van der Waals surface area contributed by atoms with Crippen LogP contribution in [0.1, 0.15) is 33.1 Å². The summed E-state index contributed by atoms with van der Waals surface area (Å²) >= 11 is 0. The average molecular weight is 272 g/mol. The van der Waals surface area contributed by atoms with Gasteiger partial charge in [0.25, 0.3) is 0 Å². The molecule has 7 heteroatoms. The van der Waals surface area contributed by atoms with Gasteiger partial charge in [-0.1, -0.05) is 0 Å². The molecule has 0 spiro atoms. The monoisotopic (exact) mass is 272 g/mol. The maximum absolute atomic E-state index is 12.0. The summed E-state index contributed by atoms with van der Waals surface area (Å²) in [5.74, 6) is -1.57. The standard InChI is InChI=1S/C12H20N2O5/c1-3-19-9(15)8-13-11(18)14-7-5-4-6-12(14,2)10(16)17/h3-8H2,1-2H3,(H,13,18)(H,16,17). The Hall–Kier alpha value is -1.79. The van der Waals surface area contributed by atoms with E-state index in [-0.39, 0.29) is 13.2 Å². The summed E-state index contributed by atoms with van der Waals surface area (Å²) in [5, 5.41) is 11.7. The van der Waals surface area contributed by atoms with Gasteiger partial charge in [-0.15, -0.1) is 0 Å². The molecule has 0 aromatic carbocycles. The number of esters is 1. The van der Waals surface area contributed by atoms with Crippen LogP contribution in [0.5, 0.6) is 0 Å². The minimum absolute atomic E-state index is 0.241. The van der Waals surface area contributed by atoms with Gasteiger partial charge in [-0.2, -0.15) is 0 Å². The van der Waals surface area contributed by atoms with Crippen molar-refractivity contribution in [1.82, 2.24) is 10.2 Å². The zero-order valence-electron chi connectivity index (χ0n) is 11.3. The normalized spacial score (nSPS) is 22.7. The SMILES string of the molecule is CCOC(=O)CNC(=O)N1CCCCC1(C)C(=O)O. The number of rotatable bonds is 4. The summed E-state index contributed by atoms with van der Waals surface area (Å²) in [6.45, 7) is 3.56. The number of likely N-dealkylation sites (tertiary alicyclic amines) is 1. The number of ether oxygens (including phenoxy) is 1. The van der Waals surface area contributed by atoms with Crippen LogP contribution in [0.3, 0.4) is 0 Å². The van der Waals surface area contributed by atoms with Gasteiger partial charge in [-0.25, -0.2) is 9.59 Å². The molecule has 1 atom stereocenters. The number of aliphatic carboxylic acids is 1. The zero-order chi connectivity index (χ0) is 14.5. The van der Waals surface area contributed by atoms with Crippen LogP contribution in [-0.4, -0.2) is 53.2 Å². The fourth-order valence-electron chi connectivity index (χ4n) is 2.12. The second kappa shape index (κ2) is 6.40. The van der Waals surface area contributed by atoms with Crippen molar-refractivity contribution in [2.75, 3.05) is 19.7 Å². The molecule has 0 radical (unpaired) electrons. The lowest BCUT2D eigenvalue weighted by Gasteiger charge is -2.41. The van der Waals surface area contributed by atoms with Crippen LogP contribution >= 0.6 is 0 Å². The topological polar surface area (TPSA) is 95.9 Å². The molecule has 1 heterocycles. The number of hydrogen-bond acceptors (Lipinski definition) is 4. The predicted molar refractivity (Wildman–Crippen MR) is 66.6 cm³/mol. The van der Waals surface area contributed by atoms with Crippen LogP contribution in [0, 0.1) is 0 Å². The largest absolute Gasteiger partial charge is 0.480 e. The summed E-state index contributed by atoms with van der Waals surface area (Å²) in [5.41, 5.74) is -1.21. The predicted octanol–water partition coefficient (Wildman–Crippen LogP) is 0.588. The van der Waals surface area contributed by atoms with E-state index in [0.29, 0.717) is 13.0 Å². The first kappa shape index (κ1) is 15.3. The van der Waals surface area contributed by atoms with Gasteiger partial charge >= 0.3 is 18.0 Å². The summed E-state index contributed by atoms with van der Waals surface area (Å²) in [4.78, 5) is 35.7. The van der Waals surface area contributed by atoms with E-state index in [1.807, 2.05) is 0 Å². The van der Waals surface area contributed by atoms with E-state index in [4.69, 9.17) is 4.74 Å². The van der Waals surface area contributed by atoms with Crippen LogP contribution < -0.4 is 5.32 Å². The molecule has 19 heavy (non-hydrogen) atoms. The fourth-order valence-corrected chi connectivity index (χ4v) is 2.12. The van der Waals surface area contributed by atoms with Crippen molar-refractivity contribution < 1.29 is 24.2 Å². The summed E-state index contributed by atoms with van der Waals surface area (Å²) < 4.78 is 4.69. The Morgan fingerprint density at radius 2 is 2.05 bits per heavy atom. The highest BCUT2D eigenvalue weighted by Gasteiger charge is 2.43. The van der Waals surface area contributed by atoms with Crippen molar-refractivity contribution in [2.45, 2.75) is 38.6 Å². The maximum Gasteiger partial charge on any atom is 0.329 e. The second-order valence-electron chi connectivity index (χ2n) is 4.65. The van der Waals surface area contributed by atoms with Crippen LogP contribution in [0.4, 0.5) is 4.79 Å². The Morgan fingerprint density at radius 1 is 1.37 bits per heavy atom. The maximum atomic E-state index is 12.0. The third-order valence-corrected chi connectivity index (χ3v) is 3.29. The van der Waals surface area contributed by atoms with Gasteiger partial charge in [0.05, 0.1) is 6.61 Å². The van der Waals surface area contributed by atoms with E-state index in [1.54, 1.807) is 6.92 Å². The number of nitrogens with one attached hydrogen (secondary N) is 1. The van der Waals surface area contributed by atoms with E-state index in [0.717, 1.165) is 12.8 Å². The molecule has 1 aliphatic rings. The lowest BCUT2D eigenvalue weighted by molar-refractivity contribution is -0.150. The lowest BCUT2D eigenvalue weighted by Crippen LogP contribution is -2.60. The van der Waals surface area contributed by atoms with Crippen molar-refractivity contribution in [1.29, 1.82) is 0 Å². The summed E-state index contributed by atoms with van der Waals surface area (Å²) in [6.07, 6.45) is 1.94. The van der Waals surface area contributed by atoms with Gasteiger partial charge in [0.1, 0.15) is 12.1 Å². The van der Waals surface area contributed by atoms with Crippen molar-refractivity contribution in [3.63, 3.8) is 0 Å². The van der Waals surface area contributed by atoms with Gasteiger partial charge in [0, 0.05) is 6.54 Å². The number of carboxylic acids is 1. The number of carbonyl (C=O) groups is 3. The Morgan fingerprint density at radius 3 is 2.63 bits per heavy atom. The molecule has 108 valence electrons. The minimum Gasteiger partial charge on any atom is -0.480 e. The average Bonchev–Trinajstić information content (AvgIpc) is 2.36. The van der Waals surface area contributed by atoms with Gasteiger partial charge < -0.3 is 20.1 Å². The highest BCUT2D eigenvalue weighted by Crippen LogP contribution is 2.28. The highest BCUT2D eigenvalue weighted by atomic mass is 16.5. The zero-order valence-corrected chi connectivity index (χ0v) is 11.3. The summed E-state index contributed by atoms with van der Waals surface area (Å²) in [6, 6.07) is -0.544. The first-order valence-corrected chi connectivity index (χ1v) is 6.36. The molecule has 1 aliphatic heterocycles. The molecule has 1 saturated heterocycles. The number of carboxylic acid groups (broad SMARTS) is 1. The van der Waals surface area contributed by atoms with Crippen molar-refractivity contribution >= 4 is 18.0 Å². The van der Waals surface area contributed by atoms with Gasteiger partial charge in [0.2, 0.25) is 0 Å². The molecule has 2 N–H and O–H groups in total. The van der Waals surface area contributed by atoms with Gasteiger partial charge in [-0.05, 0) is 33.1 Å². The molecule has 1 fully saturated rings. The molecule has 0 aromatic heterocycles. The number of nitrogens with zero attached hydrogens (tertiary/aromatic N) is 1. The number of amides is 2. The van der Waals surface area contributed by atoms with Crippen LogP contribution in [0.2, 0.25) is 0 Å². The molecule has 0 aromatic rings. The van der Waals surface area contributed by atoms with Gasteiger partial charge in [-0.3, -0.25) is 4.79 Å². The first-order chi connectivity index (χ1) is 8.91. The third kappa shape index (κ3) is 3.59. The van der Waals surface area contributed by atoms with E-state index in [1.165, 1.54) is 11.8 Å². The molecule has 0 aliphatic carbocycles. The van der Waals surface area contributed by atoms with Crippen LogP contribution in [0.25, 0.3) is 0 Å². The Kier molecular flexibility index (Phi) is 5.14. The summed E-state index contributed by atoms with van der Waals surface area (Å²) in [7, 11) is 0.